The van der Waals surface area contributed by atoms with Gasteiger partial charge in [-0.25, -0.2) is 4.79 Å². The summed E-state index contributed by atoms with van der Waals surface area (Å²) < 4.78 is 3.17. The van der Waals surface area contributed by atoms with Gasteiger partial charge in [-0.15, -0.1) is 11.6 Å². The highest BCUT2D eigenvalue weighted by Crippen LogP contribution is 2.37. The van der Waals surface area contributed by atoms with Crippen molar-refractivity contribution in [2.75, 3.05) is 6.61 Å². The first-order chi connectivity index (χ1) is 7.97. The average Bonchev–Trinajstić information content (AvgIpc) is 2.30. The molecule has 1 atom stereocenters. The summed E-state index contributed by atoms with van der Waals surface area (Å²) in [5.74, 6) is -0.662. The lowest BCUT2D eigenvalue weighted by Crippen LogP contribution is -2.29. The van der Waals surface area contributed by atoms with Gasteiger partial charge in [0.25, 0.3) is 0 Å². The van der Waals surface area contributed by atoms with Gasteiger partial charge in [-0.1, -0.05) is 53.5 Å². The molecule has 0 fully saturated rings. The van der Waals surface area contributed by atoms with E-state index in [-0.39, 0.29) is 13.0 Å². The van der Waals surface area contributed by atoms with Crippen LogP contribution in [0.1, 0.15) is 24.3 Å². The Balaban J connectivity index is 2.67. The summed E-state index contributed by atoms with van der Waals surface area (Å²) in [6.07, 6.45) is 0.0977. The maximum atomic E-state index is 11.5. The first-order valence-electron chi connectivity index (χ1n) is 5.21. The van der Waals surface area contributed by atoms with Crippen LogP contribution in [0.4, 0.5) is 0 Å². The fraction of sp³-hybridized carbons (Fsp3) is 0.417. The van der Waals surface area contributed by atoms with Crippen LogP contribution in [0, 0.1) is 0 Å². The van der Waals surface area contributed by atoms with E-state index >= 15 is 0 Å². The number of benzene rings is 1. The summed E-state index contributed by atoms with van der Waals surface area (Å²) in [7, 11) is 0. The molecule has 0 radical (unpaired) electrons. The molecule has 0 bridgehead atoms. The minimum Gasteiger partial charge on any atom is -0.464 e. The van der Waals surface area contributed by atoms with E-state index in [1.807, 2.05) is 30.3 Å². The molecule has 0 aliphatic rings. The molecule has 0 amide bonds. The normalized spacial score (nSPS) is 13.2. The number of hydrogen-bond acceptors (Lipinski definition) is 2. The van der Waals surface area contributed by atoms with Gasteiger partial charge in [0.05, 0.1) is 12.0 Å². The van der Waals surface area contributed by atoms with Crippen molar-refractivity contribution in [3.8, 4) is 0 Å². The summed E-state index contributed by atoms with van der Waals surface area (Å²) in [5.41, 5.74) is 0.865. The molecule has 0 aromatic heterocycles. The molecule has 0 spiro atoms. The number of ether oxygens (including phenoxy) is 1. The van der Waals surface area contributed by atoms with Crippen molar-refractivity contribution in [3.63, 3.8) is 0 Å². The topological polar surface area (TPSA) is 26.3 Å². The minimum absolute atomic E-state index is 0.0977. The third kappa shape index (κ3) is 4.38. The molecule has 0 saturated carbocycles. The molecule has 0 aliphatic heterocycles. The Morgan fingerprint density at radius 2 is 1.94 bits per heavy atom. The molecule has 0 heterocycles. The van der Waals surface area contributed by atoms with Crippen LogP contribution in [0.5, 0.6) is 0 Å². The number of esters is 1. The molecule has 1 unspecified atom stereocenters. The first kappa shape index (κ1) is 14.6. The Kier molecular flexibility index (Phi) is 5.57. The quantitative estimate of drug-likeness (QED) is 0.604. The van der Waals surface area contributed by atoms with Gasteiger partial charge in [-0.3, -0.25) is 0 Å². The number of halogens is 3. The number of rotatable bonds is 5. The number of carbonyl (C=O) groups is 1. The third-order valence-electron chi connectivity index (χ3n) is 2.17. The van der Waals surface area contributed by atoms with E-state index in [0.717, 1.165) is 5.56 Å². The minimum atomic E-state index is -1.61. The summed E-state index contributed by atoms with van der Waals surface area (Å²) in [6.45, 7) is 1.93. The van der Waals surface area contributed by atoms with E-state index in [2.05, 4.69) is 0 Å². The monoisotopic (exact) mass is 294 g/mol. The van der Waals surface area contributed by atoms with Crippen molar-refractivity contribution in [1.29, 1.82) is 0 Å². The highest BCUT2D eigenvalue weighted by molar-refractivity contribution is 6.57. The number of carbonyl (C=O) groups excluding carboxylic acids is 1. The van der Waals surface area contributed by atoms with Crippen molar-refractivity contribution >= 4 is 40.8 Å². The summed E-state index contributed by atoms with van der Waals surface area (Å²) in [4.78, 5) is 11.5. The van der Waals surface area contributed by atoms with E-state index < -0.39 is 15.7 Å². The van der Waals surface area contributed by atoms with Gasteiger partial charge < -0.3 is 4.74 Å². The predicted octanol–water partition coefficient (Wildman–Crippen LogP) is 4.09. The molecule has 0 saturated heterocycles. The Bertz CT molecular complexity index is 365. The second-order valence-corrected chi connectivity index (χ2v) is 5.52. The molecule has 94 valence electrons. The second-order valence-electron chi connectivity index (χ2n) is 3.51. The molecular weight excluding hydrogens is 282 g/mol. The number of hydrogen-bond donors (Lipinski definition) is 0. The van der Waals surface area contributed by atoms with E-state index in [4.69, 9.17) is 39.5 Å². The lowest BCUT2D eigenvalue weighted by molar-refractivity contribution is -0.144. The van der Waals surface area contributed by atoms with Crippen LogP contribution in [0.3, 0.4) is 0 Å². The lowest BCUT2D eigenvalue weighted by Gasteiger charge is -2.20. The van der Waals surface area contributed by atoms with Crippen molar-refractivity contribution in [2.45, 2.75) is 23.1 Å². The summed E-state index contributed by atoms with van der Waals surface area (Å²) >= 11 is 18.0. The Hall–Kier alpha value is -0.440. The van der Waals surface area contributed by atoms with Gasteiger partial charge in [0.2, 0.25) is 4.33 Å². The van der Waals surface area contributed by atoms with Crippen LogP contribution < -0.4 is 0 Å². The molecule has 0 N–H and O–H groups in total. The van der Waals surface area contributed by atoms with Crippen LogP contribution in [-0.4, -0.2) is 16.9 Å². The molecule has 1 rings (SSSR count). The van der Waals surface area contributed by atoms with E-state index in [0.29, 0.717) is 0 Å². The summed E-state index contributed by atoms with van der Waals surface area (Å²) in [6, 6.07) is 9.31. The van der Waals surface area contributed by atoms with E-state index in [9.17, 15) is 4.79 Å². The highest BCUT2D eigenvalue weighted by atomic mass is 35.5. The van der Waals surface area contributed by atoms with Crippen molar-refractivity contribution in [1.82, 2.24) is 0 Å². The van der Waals surface area contributed by atoms with Crippen molar-refractivity contribution in [2.24, 2.45) is 0 Å². The molecule has 1 aromatic carbocycles. The first-order valence-corrected chi connectivity index (χ1v) is 6.40. The van der Waals surface area contributed by atoms with Crippen LogP contribution >= 0.6 is 34.8 Å². The van der Waals surface area contributed by atoms with E-state index in [1.54, 1.807) is 6.92 Å². The zero-order valence-electron chi connectivity index (χ0n) is 9.33. The van der Waals surface area contributed by atoms with Crippen LogP contribution in [0.25, 0.3) is 0 Å². The molecule has 5 heteroatoms. The standard InChI is InChI=1S/C12H13Cl3O2/c1-2-17-11(16)12(14,15)8-10(13)9-6-4-3-5-7-9/h3-7,10H,2,8H2,1H3. The highest BCUT2D eigenvalue weighted by Gasteiger charge is 2.37. The fourth-order valence-electron chi connectivity index (χ4n) is 1.32. The Labute approximate surface area is 116 Å². The van der Waals surface area contributed by atoms with Crippen LogP contribution in [0.2, 0.25) is 0 Å². The second kappa shape index (κ2) is 6.48. The Morgan fingerprint density at radius 3 is 2.47 bits per heavy atom. The largest absolute Gasteiger partial charge is 0.464 e. The van der Waals surface area contributed by atoms with E-state index in [1.165, 1.54) is 0 Å². The predicted molar refractivity (Wildman–Crippen MR) is 70.7 cm³/mol. The zero-order valence-corrected chi connectivity index (χ0v) is 11.6. The van der Waals surface area contributed by atoms with Gasteiger partial charge >= 0.3 is 5.97 Å². The van der Waals surface area contributed by atoms with Crippen molar-refractivity contribution < 1.29 is 9.53 Å². The average molecular weight is 296 g/mol. The van der Waals surface area contributed by atoms with Gasteiger partial charge in [-0.2, -0.15) is 0 Å². The smallest absolute Gasteiger partial charge is 0.342 e. The third-order valence-corrected chi connectivity index (χ3v) is 3.19. The molecule has 2 nitrogen and oxygen atoms in total. The van der Waals surface area contributed by atoms with Crippen LogP contribution in [-0.2, 0) is 9.53 Å². The van der Waals surface area contributed by atoms with Gasteiger partial charge in [-0.05, 0) is 12.5 Å². The van der Waals surface area contributed by atoms with Crippen LogP contribution in [0.15, 0.2) is 30.3 Å². The Morgan fingerprint density at radius 1 is 1.35 bits per heavy atom. The SMILES string of the molecule is CCOC(=O)C(Cl)(Cl)CC(Cl)c1ccccc1. The molecular formula is C12H13Cl3O2. The zero-order chi connectivity index (χ0) is 12.9. The summed E-state index contributed by atoms with van der Waals surface area (Å²) in [5, 5.41) is -0.435. The fourth-order valence-corrected chi connectivity index (χ4v) is 2.28. The maximum Gasteiger partial charge on any atom is 0.342 e. The van der Waals surface area contributed by atoms with Gasteiger partial charge in [0.15, 0.2) is 0 Å². The molecule has 17 heavy (non-hydrogen) atoms. The van der Waals surface area contributed by atoms with Gasteiger partial charge in [0.1, 0.15) is 0 Å². The van der Waals surface area contributed by atoms with Crippen molar-refractivity contribution in [3.05, 3.63) is 35.9 Å². The molecule has 0 aliphatic carbocycles. The number of alkyl halides is 3. The molecule has 1 aromatic rings. The lowest BCUT2D eigenvalue weighted by atomic mass is 10.1. The maximum absolute atomic E-state index is 11.5. The van der Waals surface area contributed by atoms with Gasteiger partial charge in [0, 0.05) is 6.42 Å².